The summed E-state index contributed by atoms with van der Waals surface area (Å²) >= 11 is 0. The fourth-order valence-electron chi connectivity index (χ4n) is 4.90. The van der Waals surface area contributed by atoms with Gasteiger partial charge in [0.1, 0.15) is 24.3 Å². The summed E-state index contributed by atoms with van der Waals surface area (Å²) in [5.41, 5.74) is 6.50. The van der Waals surface area contributed by atoms with E-state index in [1.54, 1.807) is 12.3 Å². The van der Waals surface area contributed by atoms with Gasteiger partial charge < -0.3 is 4.42 Å². The van der Waals surface area contributed by atoms with Crippen LogP contribution in [-0.2, 0) is 7.05 Å². The van der Waals surface area contributed by atoms with Crippen molar-refractivity contribution in [2.75, 3.05) is 0 Å². The predicted molar refractivity (Wildman–Crippen MR) is 137 cm³/mol. The van der Waals surface area contributed by atoms with Gasteiger partial charge in [-0.25, -0.2) is 4.57 Å². The average molecular weight is 443 g/mol. The molecule has 6 aromatic rings. The lowest BCUT2D eigenvalue weighted by Crippen LogP contribution is -2.31. The first-order valence-electron chi connectivity index (χ1n) is 12.6. The molecule has 0 N–H and O–H groups in total. The molecule has 2 aromatic heterocycles. The van der Waals surface area contributed by atoms with Crippen LogP contribution in [0.5, 0.6) is 0 Å². The minimum absolute atomic E-state index is 0.278. The molecule has 3 nitrogen and oxygen atoms in total. The first-order valence-corrected chi connectivity index (χ1v) is 11.1. The van der Waals surface area contributed by atoms with Crippen LogP contribution in [0.4, 0.5) is 0 Å². The van der Waals surface area contributed by atoms with Crippen molar-refractivity contribution in [3.8, 4) is 28.5 Å². The molecule has 0 aliphatic rings. The first-order chi connectivity index (χ1) is 17.8. The number of nitriles is 1. The third kappa shape index (κ3) is 3.00. The standard InChI is InChI=1S/C31H23N2O/c1-19-8-15-28(33(3)18-19)29-20(2)9-12-26-25-14-13-24(27(17-32)30(25)34-31(26)29)23-11-10-21-6-4-5-7-22(21)16-23/h4-16,18H,1-3H3/q+1/i1D3. The van der Waals surface area contributed by atoms with E-state index in [0.29, 0.717) is 16.7 Å². The lowest BCUT2D eigenvalue weighted by atomic mass is 9.95. The number of aromatic nitrogens is 1. The highest BCUT2D eigenvalue weighted by atomic mass is 16.3. The van der Waals surface area contributed by atoms with Crippen LogP contribution in [0.15, 0.2) is 89.5 Å². The minimum atomic E-state index is -2.18. The van der Waals surface area contributed by atoms with Crippen molar-refractivity contribution in [3.05, 3.63) is 102 Å². The Bertz CT molecular complexity index is 1910. The minimum Gasteiger partial charge on any atom is -0.454 e. The van der Waals surface area contributed by atoms with Crippen LogP contribution >= 0.6 is 0 Å². The lowest BCUT2D eigenvalue weighted by molar-refractivity contribution is -0.660. The van der Waals surface area contributed by atoms with Gasteiger partial charge in [-0.05, 0) is 53.9 Å². The zero-order chi connectivity index (χ0) is 25.9. The van der Waals surface area contributed by atoms with E-state index in [1.165, 1.54) is 0 Å². The Balaban J connectivity index is 1.60. The van der Waals surface area contributed by atoms with Gasteiger partial charge in [0.2, 0.25) is 5.69 Å². The van der Waals surface area contributed by atoms with Crippen molar-refractivity contribution >= 4 is 32.7 Å². The second-order valence-corrected chi connectivity index (χ2v) is 8.69. The van der Waals surface area contributed by atoms with Gasteiger partial charge >= 0.3 is 0 Å². The van der Waals surface area contributed by atoms with Crippen LogP contribution in [-0.4, -0.2) is 0 Å². The van der Waals surface area contributed by atoms with Gasteiger partial charge in [-0.15, -0.1) is 0 Å². The molecule has 0 aliphatic carbocycles. The first kappa shape index (κ1) is 17.1. The molecule has 34 heavy (non-hydrogen) atoms. The number of nitrogens with zero attached hydrogens (tertiary/aromatic N) is 2. The van der Waals surface area contributed by atoms with E-state index in [1.807, 2.05) is 67.1 Å². The number of fused-ring (bicyclic) bond motifs is 4. The maximum absolute atomic E-state index is 10.2. The van der Waals surface area contributed by atoms with Crippen LogP contribution in [0.1, 0.15) is 20.8 Å². The highest BCUT2D eigenvalue weighted by Gasteiger charge is 2.22. The summed E-state index contributed by atoms with van der Waals surface area (Å²) in [6.07, 6.45) is 1.64. The predicted octanol–water partition coefficient (Wildman–Crippen LogP) is 7.39. The van der Waals surface area contributed by atoms with Gasteiger partial charge in [-0.2, -0.15) is 5.26 Å². The highest BCUT2D eigenvalue weighted by Crippen LogP contribution is 2.40. The van der Waals surface area contributed by atoms with Gasteiger partial charge in [0.25, 0.3) is 0 Å². The molecule has 0 saturated heterocycles. The Kier molecular flexibility index (Phi) is 3.81. The molecule has 0 aliphatic heterocycles. The summed E-state index contributed by atoms with van der Waals surface area (Å²) in [4.78, 5) is 0. The summed E-state index contributed by atoms with van der Waals surface area (Å²) in [7, 11) is 1.84. The van der Waals surface area contributed by atoms with E-state index in [-0.39, 0.29) is 5.56 Å². The Morgan fingerprint density at radius 1 is 0.882 bits per heavy atom. The molecule has 3 heteroatoms. The van der Waals surface area contributed by atoms with Crippen molar-refractivity contribution in [2.45, 2.75) is 13.8 Å². The average Bonchev–Trinajstić information content (AvgIpc) is 3.26. The summed E-state index contributed by atoms with van der Waals surface area (Å²) in [5, 5.41) is 14.3. The zero-order valence-corrected chi connectivity index (χ0v) is 18.9. The van der Waals surface area contributed by atoms with Gasteiger partial charge in [0, 0.05) is 32.1 Å². The van der Waals surface area contributed by atoms with Crippen molar-refractivity contribution in [3.63, 3.8) is 0 Å². The van der Waals surface area contributed by atoms with Crippen molar-refractivity contribution < 1.29 is 13.1 Å². The van der Waals surface area contributed by atoms with E-state index in [9.17, 15) is 5.26 Å². The zero-order valence-electron chi connectivity index (χ0n) is 21.9. The Labute approximate surface area is 202 Å². The third-order valence-corrected chi connectivity index (χ3v) is 6.58. The maximum atomic E-state index is 10.2. The molecule has 0 spiro atoms. The fraction of sp³-hybridized carbons (Fsp3) is 0.0968. The molecule has 4 aromatic carbocycles. The Hall–Kier alpha value is -4.42. The van der Waals surface area contributed by atoms with E-state index in [4.69, 9.17) is 8.53 Å². The van der Waals surface area contributed by atoms with E-state index in [0.717, 1.165) is 49.5 Å². The number of hydrogen-bond donors (Lipinski definition) is 0. The molecule has 0 unspecified atom stereocenters. The summed E-state index contributed by atoms with van der Waals surface area (Å²) in [6, 6.07) is 28.3. The van der Waals surface area contributed by atoms with Crippen molar-refractivity contribution in [1.29, 1.82) is 5.26 Å². The number of benzene rings is 4. The van der Waals surface area contributed by atoms with E-state index in [2.05, 4.69) is 30.3 Å². The summed E-state index contributed by atoms with van der Waals surface area (Å²) in [5.74, 6) is 0. The summed E-state index contributed by atoms with van der Waals surface area (Å²) in [6.45, 7) is -0.178. The maximum Gasteiger partial charge on any atom is 0.216 e. The Morgan fingerprint density at radius 3 is 2.47 bits per heavy atom. The monoisotopic (exact) mass is 442 g/mol. The molecule has 6 rings (SSSR count). The van der Waals surface area contributed by atoms with Crippen molar-refractivity contribution in [1.82, 2.24) is 0 Å². The number of furan rings is 1. The Morgan fingerprint density at radius 2 is 1.68 bits per heavy atom. The number of pyridine rings is 1. The summed E-state index contributed by atoms with van der Waals surface area (Å²) < 4.78 is 31.5. The van der Waals surface area contributed by atoms with Gasteiger partial charge in [0.05, 0.1) is 5.56 Å². The van der Waals surface area contributed by atoms with Crippen LogP contribution in [0.3, 0.4) is 0 Å². The van der Waals surface area contributed by atoms with E-state index >= 15 is 0 Å². The fourth-order valence-corrected chi connectivity index (χ4v) is 4.90. The molecular weight excluding hydrogens is 416 g/mol. The highest BCUT2D eigenvalue weighted by molar-refractivity contribution is 6.12. The molecule has 0 amide bonds. The van der Waals surface area contributed by atoms with Crippen LogP contribution in [0.2, 0.25) is 0 Å². The molecule has 0 radical (unpaired) electrons. The number of aryl methyl sites for hydroxylation is 3. The molecule has 0 fully saturated rings. The van der Waals surface area contributed by atoms with Gasteiger partial charge in [-0.3, -0.25) is 0 Å². The smallest absolute Gasteiger partial charge is 0.216 e. The second-order valence-electron chi connectivity index (χ2n) is 8.69. The van der Waals surface area contributed by atoms with Gasteiger partial charge in [0.15, 0.2) is 11.8 Å². The van der Waals surface area contributed by atoms with Crippen LogP contribution in [0, 0.1) is 25.1 Å². The largest absolute Gasteiger partial charge is 0.454 e. The molecular formula is C31H23N2O+. The SMILES string of the molecule is [2H]C([2H])([2H])c1ccc(-c2c(C)ccc3c2oc2c(C#N)c(-c4ccc5ccccc5c4)ccc23)[n+](C)c1. The number of hydrogen-bond acceptors (Lipinski definition) is 2. The second kappa shape index (κ2) is 7.57. The van der Waals surface area contributed by atoms with Crippen molar-refractivity contribution in [2.24, 2.45) is 7.05 Å². The third-order valence-electron chi connectivity index (χ3n) is 6.58. The van der Waals surface area contributed by atoms with E-state index < -0.39 is 6.85 Å². The molecule has 0 bridgehead atoms. The molecule has 162 valence electrons. The molecule has 2 heterocycles. The van der Waals surface area contributed by atoms with Crippen LogP contribution in [0.25, 0.3) is 55.1 Å². The quantitative estimate of drug-likeness (QED) is 0.262. The lowest BCUT2D eigenvalue weighted by Gasteiger charge is -2.07. The molecule has 0 atom stereocenters. The van der Waals surface area contributed by atoms with Gasteiger partial charge in [-0.1, -0.05) is 54.6 Å². The normalized spacial score (nSPS) is 13.0. The molecule has 0 saturated carbocycles. The topological polar surface area (TPSA) is 40.8 Å². The van der Waals surface area contributed by atoms with Crippen LogP contribution < -0.4 is 4.57 Å². The number of rotatable bonds is 2.